The van der Waals surface area contributed by atoms with E-state index in [0.717, 1.165) is 23.8 Å². The van der Waals surface area contributed by atoms with Crippen molar-refractivity contribution in [2.45, 2.75) is 65.8 Å². The minimum atomic E-state index is 0.544. The Morgan fingerprint density at radius 2 is 1.85 bits per heavy atom. The summed E-state index contributed by atoms with van der Waals surface area (Å²) in [5, 5.41) is 3.82. The highest BCUT2D eigenvalue weighted by Crippen LogP contribution is 2.40. The van der Waals surface area contributed by atoms with Crippen molar-refractivity contribution in [1.82, 2.24) is 10.2 Å². The first kappa shape index (κ1) is 16.3. The maximum absolute atomic E-state index is 3.82. The Hall–Kier alpha value is -0.0800. The fourth-order valence-corrected chi connectivity index (χ4v) is 4.05. The van der Waals surface area contributed by atoms with Crippen LogP contribution in [-0.4, -0.2) is 37.6 Å². The number of nitrogens with zero attached hydrogens (tertiary/aromatic N) is 1. The lowest BCUT2D eigenvalue weighted by Crippen LogP contribution is -2.47. The average Bonchev–Trinajstić information content (AvgIpc) is 3.02. The minimum absolute atomic E-state index is 0.544. The molecular formula is C18H36N2. The monoisotopic (exact) mass is 280 g/mol. The van der Waals surface area contributed by atoms with Gasteiger partial charge in [-0.3, -0.25) is 0 Å². The number of nitrogens with one attached hydrogen (secondary N) is 1. The molecule has 2 nitrogen and oxygen atoms in total. The van der Waals surface area contributed by atoms with Crippen molar-refractivity contribution in [3.8, 4) is 0 Å². The van der Waals surface area contributed by atoms with E-state index < -0.39 is 0 Å². The average molecular weight is 280 g/mol. The zero-order valence-corrected chi connectivity index (χ0v) is 14.4. The molecule has 1 N–H and O–H groups in total. The Balaban J connectivity index is 1.85. The summed E-state index contributed by atoms with van der Waals surface area (Å²) in [6.07, 6.45) is 6.85. The molecule has 20 heavy (non-hydrogen) atoms. The third kappa shape index (κ3) is 4.73. The highest BCUT2D eigenvalue weighted by atomic mass is 15.1. The Kier molecular flexibility index (Phi) is 5.53. The summed E-state index contributed by atoms with van der Waals surface area (Å²) in [5.74, 6) is 2.80. The van der Waals surface area contributed by atoms with E-state index in [4.69, 9.17) is 0 Å². The zero-order valence-electron chi connectivity index (χ0n) is 14.4. The van der Waals surface area contributed by atoms with Gasteiger partial charge in [0.2, 0.25) is 0 Å². The molecule has 0 radical (unpaired) electrons. The first-order chi connectivity index (χ1) is 9.41. The molecule has 0 spiro atoms. The molecule has 0 aromatic rings. The van der Waals surface area contributed by atoms with Gasteiger partial charge in [0, 0.05) is 19.1 Å². The van der Waals surface area contributed by atoms with E-state index in [-0.39, 0.29) is 0 Å². The van der Waals surface area contributed by atoms with Gasteiger partial charge in [-0.1, -0.05) is 27.7 Å². The van der Waals surface area contributed by atoms with Crippen LogP contribution in [-0.2, 0) is 0 Å². The van der Waals surface area contributed by atoms with Gasteiger partial charge in [-0.25, -0.2) is 0 Å². The molecular weight excluding hydrogens is 244 g/mol. The predicted octanol–water partition coefficient (Wildman–Crippen LogP) is 3.77. The summed E-state index contributed by atoms with van der Waals surface area (Å²) in [6.45, 7) is 13.4. The van der Waals surface area contributed by atoms with Gasteiger partial charge >= 0.3 is 0 Å². The Labute approximate surface area is 126 Å². The first-order valence-corrected chi connectivity index (χ1v) is 8.83. The highest BCUT2D eigenvalue weighted by molar-refractivity contribution is 4.91. The van der Waals surface area contributed by atoms with Crippen molar-refractivity contribution >= 4 is 0 Å². The van der Waals surface area contributed by atoms with Crippen LogP contribution in [0.15, 0.2) is 0 Å². The first-order valence-electron chi connectivity index (χ1n) is 8.83. The van der Waals surface area contributed by atoms with Crippen molar-refractivity contribution in [1.29, 1.82) is 0 Å². The molecule has 0 heterocycles. The van der Waals surface area contributed by atoms with E-state index in [1.165, 1.54) is 51.7 Å². The highest BCUT2D eigenvalue weighted by Gasteiger charge is 2.37. The predicted molar refractivity (Wildman–Crippen MR) is 88.0 cm³/mol. The SMILES string of the molecule is CCCNC1CCC(C)(C)CC1CN(C)CC1CC1C. The smallest absolute Gasteiger partial charge is 0.0108 e. The van der Waals surface area contributed by atoms with Crippen LogP contribution < -0.4 is 5.32 Å². The minimum Gasteiger partial charge on any atom is -0.314 e. The van der Waals surface area contributed by atoms with Crippen molar-refractivity contribution in [2.75, 3.05) is 26.7 Å². The van der Waals surface area contributed by atoms with Crippen LogP contribution in [0.3, 0.4) is 0 Å². The van der Waals surface area contributed by atoms with Crippen molar-refractivity contribution < 1.29 is 0 Å². The lowest BCUT2D eigenvalue weighted by Gasteiger charge is -2.42. The largest absolute Gasteiger partial charge is 0.314 e. The summed E-state index contributed by atoms with van der Waals surface area (Å²) in [5.41, 5.74) is 0.544. The molecule has 2 heteroatoms. The molecule has 2 rings (SSSR count). The topological polar surface area (TPSA) is 15.3 Å². The van der Waals surface area contributed by atoms with Gasteiger partial charge in [0.25, 0.3) is 0 Å². The summed E-state index contributed by atoms with van der Waals surface area (Å²) in [7, 11) is 2.34. The van der Waals surface area contributed by atoms with E-state index in [0.29, 0.717) is 5.41 Å². The Bertz CT molecular complexity index is 300. The second-order valence-electron chi connectivity index (χ2n) is 8.42. The van der Waals surface area contributed by atoms with E-state index in [1.807, 2.05) is 0 Å². The molecule has 0 saturated heterocycles. The van der Waals surface area contributed by atoms with Crippen LogP contribution in [0.5, 0.6) is 0 Å². The van der Waals surface area contributed by atoms with Gasteiger partial charge < -0.3 is 10.2 Å². The molecule has 2 aliphatic carbocycles. The molecule has 0 aromatic carbocycles. The van der Waals surface area contributed by atoms with Gasteiger partial charge in [-0.15, -0.1) is 0 Å². The van der Waals surface area contributed by atoms with Crippen molar-refractivity contribution in [2.24, 2.45) is 23.2 Å². The molecule has 2 fully saturated rings. The second kappa shape index (κ2) is 6.79. The number of hydrogen-bond donors (Lipinski definition) is 1. The zero-order chi connectivity index (χ0) is 14.8. The third-order valence-electron chi connectivity index (χ3n) is 5.54. The Morgan fingerprint density at radius 3 is 2.45 bits per heavy atom. The van der Waals surface area contributed by atoms with Gasteiger partial charge in [-0.2, -0.15) is 0 Å². The normalized spacial score (nSPS) is 36.3. The standard InChI is InChI=1S/C18H36N2/c1-6-9-19-17-7-8-18(3,4)11-16(17)13-20(5)12-15-10-14(15)2/h14-17,19H,6-13H2,1-5H3. The lowest BCUT2D eigenvalue weighted by molar-refractivity contribution is 0.107. The van der Waals surface area contributed by atoms with Crippen LogP contribution in [0.25, 0.3) is 0 Å². The van der Waals surface area contributed by atoms with E-state index >= 15 is 0 Å². The molecule has 4 atom stereocenters. The van der Waals surface area contributed by atoms with Crippen LogP contribution in [0, 0.1) is 23.2 Å². The molecule has 0 bridgehead atoms. The van der Waals surface area contributed by atoms with E-state index in [9.17, 15) is 0 Å². The van der Waals surface area contributed by atoms with E-state index in [1.54, 1.807) is 0 Å². The van der Waals surface area contributed by atoms with Crippen molar-refractivity contribution in [3.63, 3.8) is 0 Å². The van der Waals surface area contributed by atoms with Crippen LogP contribution in [0.2, 0.25) is 0 Å². The summed E-state index contributed by atoms with van der Waals surface area (Å²) < 4.78 is 0. The quantitative estimate of drug-likeness (QED) is 0.763. The van der Waals surface area contributed by atoms with Crippen LogP contribution >= 0.6 is 0 Å². The summed E-state index contributed by atoms with van der Waals surface area (Å²) in [6, 6.07) is 0.752. The molecule has 0 aromatic heterocycles. The van der Waals surface area contributed by atoms with Gasteiger partial charge in [0.05, 0.1) is 0 Å². The molecule has 2 saturated carbocycles. The van der Waals surface area contributed by atoms with Gasteiger partial charge in [-0.05, 0) is 68.9 Å². The maximum Gasteiger partial charge on any atom is 0.0108 e. The van der Waals surface area contributed by atoms with Gasteiger partial charge in [0.1, 0.15) is 0 Å². The molecule has 0 amide bonds. The van der Waals surface area contributed by atoms with Gasteiger partial charge in [0.15, 0.2) is 0 Å². The fraction of sp³-hybridized carbons (Fsp3) is 1.00. The summed E-state index contributed by atoms with van der Waals surface area (Å²) in [4.78, 5) is 2.61. The molecule has 4 unspecified atom stereocenters. The molecule has 2 aliphatic rings. The Morgan fingerprint density at radius 1 is 1.20 bits per heavy atom. The van der Waals surface area contributed by atoms with Crippen molar-refractivity contribution in [3.05, 3.63) is 0 Å². The van der Waals surface area contributed by atoms with Crippen LogP contribution in [0.4, 0.5) is 0 Å². The van der Waals surface area contributed by atoms with Crippen LogP contribution in [0.1, 0.15) is 59.8 Å². The molecule has 118 valence electrons. The second-order valence-corrected chi connectivity index (χ2v) is 8.42. The van der Waals surface area contributed by atoms with E-state index in [2.05, 4.69) is 45.0 Å². The molecule has 0 aliphatic heterocycles. The summed E-state index contributed by atoms with van der Waals surface area (Å²) >= 11 is 0. The fourth-order valence-electron chi connectivity index (χ4n) is 4.05. The number of rotatable bonds is 7. The number of hydrogen-bond acceptors (Lipinski definition) is 2. The maximum atomic E-state index is 3.82. The third-order valence-corrected chi connectivity index (χ3v) is 5.54. The lowest BCUT2D eigenvalue weighted by atomic mass is 9.69.